The van der Waals surface area contributed by atoms with Gasteiger partial charge in [0.2, 0.25) is 5.76 Å². The van der Waals surface area contributed by atoms with Crippen LogP contribution in [0.3, 0.4) is 0 Å². The van der Waals surface area contributed by atoms with Gasteiger partial charge in [-0.25, -0.2) is 0 Å². The van der Waals surface area contributed by atoms with Crippen LogP contribution in [0.4, 0.5) is 5.69 Å². The molecule has 0 spiro atoms. The summed E-state index contributed by atoms with van der Waals surface area (Å²) in [5, 5.41) is 20.3. The van der Waals surface area contributed by atoms with Crippen LogP contribution >= 0.6 is 0 Å². The van der Waals surface area contributed by atoms with Crippen molar-refractivity contribution in [3.8, 4) is 16.9 Å². The molecule has 0 fully saturated rings. The van der Waals surface area contributed by atoms with Gasteiger partial charge in [-0.2, -0.15) is 0 Å². The van der Waals surface area contributed by atoms with Gasteiger partial charge in [0.15, 0.2) is 5.75 Å². The fourth-order valence-corrected chi connectivity index (χ4v) is 2.69. The number of nitrogens with zero attached hydrogens (tertiary/aromatic N) is 1. The molecule has 0 aliphatic rings. The summed E-state index contributed by atoms with van der Waals surface area (Å²) < 4.78 is 5.26. The number of nitrogens with one attached hydrogen (secondary N) is 2. The van der Waals surface area contributed by atoms with Gasteiger partial charge in [-0.15, -0.1) is 0 Å². The summed E-state index contributed by atoms with van der Waals surface area (Å²) >= 11 is 0. The molecule has 3 N–H and O–H groups in total. The summed E-state index contributed by atoms with van der Waals surface area (Å²) in [6, 6.07) is 12.4. The number of hydrogen-bond donors (Lipinski definition) is 3. The molecule has 29 heavy (non-hydrogen) atoms. The van der Waals surface area contributed by atoms with E-state index in [2.05, 4.69) is 10.9 Å². The van der Waals surface area contributed by atoms with Crippen LogP contribution in [0.15, 0.2) is 59.2 Å². The average Bonchev–Trinajstić information content (AvgIpc) is 3.22. The first-order valence-electron chi connectivity index (χ1n) is 8.65. The number of furan rings is 1. The topological polar surface area (TPSA) is 135 Å². The molecule has 9 heteroatoms. The van der Waals surface area contributed by atoms with Crippen molar-refractivity contribution in [2.24, 2.45) is 0 Å². The molecule has 0 saturated carbocycles. The van der Waals surface area contributed by atoms with Crippen LogP contribution in [-0.4, -0.2) is 21.8 Å². The predicted molar refractivity (Wildman–Crippen MR) is 103 cm³/mol. The average molecular weight is 395 g/mol. The first-order valence-corrected chi connectivity index (χ1v) is 8.65. The monoisotopic (exact) mass is 395 g/mol. The summed E-state index contributed by atoms with van der Waals surface area (Å²) in [5.41, 5.74) is 6.14. The first kappa shape index (κ1) is 19.6. The molecule has 1 heterocycles. The van der Waals surface area contributed by atoms with Crippen molar-refractivity contribution in [2.45, 2.75) is 13.3 Å². The van der Waals surface area contributed by atoms with Crippen LogP contribution in [0.25, 0.3) is 11.1 Å². The van der Waals surface area contributed by atoms with E-state index >= 15 is 0 Å². The highest BCUT2D eigenvalue weighted by atomic mass is 16.6. The van der Waals surface area contributed by atoms with Crippen LogP contribution in [0.1, 0.15) is 33.4 Å². The lowest BCUT2D eigenvalue weighted by Gasteiger charge is -2.08. The normalized spacial score (nSPS) is 10.4. The minimum Gasteiger partial charge on any atom is -0.502 e. The maximum atomic E-state index is 12.4. The SMILES string of the molecule is CCc1ccc(-c2ccoc2C(=O)NNC(=O)c2ccc(O)c([N+](=O)[O-])c2)cc1. The number of nitro benzene ring substituents is 1. The summed E-state index contributed by atoms with van der Waals surface area (Å²) in [5.74, 6) is -2.04. The largest absolute Gasteiger partial charge is 0.502 e. The van der Waals surface area contributed by atoms with Crippen molar-refractivity contribution < 1.29 is 24.0 Å². The van der Waals surface area contributed by atoms with E-state index in [0.29, 0.717) is 5.56 Å². The maximum absolute atomic E-state index is 12.4. The number of carbonyl (C=O) groups is 2. The molecule has 0 saturated heterocycles. The van der Waals surface area contributed by atoms with E-state index in [9.17, 15) is 24.8 Å². The van der Waals surface area contributed by atoms with Gasteiger partial charge in [0.05, 0.1) is 11.2 Å². The Bertz CT molecular complexity index is 1070. The molecule has 0 atom stereocenters. The standard InChI is InChI=1S/C20H17N3O6/c1-2-12-3-5-13(6-4-12)15-9-10-29-18(15)20(26)22-21-19(25)14-7-8-17(24)16(11-14)23(27)28/h3-11,24H,2H2,1H3,(H,21,25)(H,22,26). The molecule has 0 radical (unpaired) electrons. The predicted octanol–water partition coefficient (Wildman–Crippen LogP) is 3.20. The van der Waals surface area contributed by atoms with Crippen molar-refractivity contribution in [3.63, 3.8) is 0 Å². The fraction of sp³-hybridized carbons (Fsp3) is 0.100. The van der Waals surface area contributed by atoms with E-state index in [1.54, 1.807) is 6.07 Å². The lowest BCUT2D eigenvalue weighted by molar-refractivity contribution is -0.385. The van der Waals surface area contributed by atoms with E-state index < -0.39 is 28.2 Å². The quantitative estimate of drug-likeness (QED) is 0.448. The Kier molecular flexibility index (Phi) is 5.59. The fourth-order valence-electron chi connectivity index (χ4n) is 2.69. The molecular weight excluding hydrogens is 378 g/mol. The number of amides is 2. The lowest BCUT2D eigenvalue weighted by Crippen LogP contribution is -2.41. The third-order valence-corrected chi connectivity index (χ3v) is 4.27. The zero-order valence-corrected chi connectivity index (χ0v) is 15.3. The number of benzene rings is 2. The molecule has 0 unspecified atom stereocenters. The highest BCUT2D eigenvalue weighted by Gasteiger charge is 2.20. The van der Waals surface area contributed by atoms with Crippen LogP contribution in [0.5, 0.6) is 5.75 Å². The Morgan fingerprint density at radius 3 is 2.41 bits per heavy atom. The number of phenolic OH excluding ortho intramolecular Hbond substituents is 1. The van der Waals surface area contributed by atoms with Gasteiger partial charge < -0.3 is 9.52 Å². The highest BCUT2D eigenvalue weighted by molar-refractivity contribution is 6.01. The number of rotatable bonds is 5. The minimum absolute atomic E-state index is 0.00577. The molecule has 0 bridgehead atoms. The number of hydrazine groups is 1. The molecule has 0 aliphatic heterocycles. The number of aromatic hydroxyl groups is 1. The number of hydrogen-bond acceptors (Lipinski definition) is 6. The van der Waals surface area contributed by atoms with E-state index in [1.807, 2.05) is 31.2 Å². The van der Waals surface area contributed by atoms with Crippen molar-refractivity contribution >= 4 is 17.5 Å². The number of aryl methyl sites for hydroxylation is 1. The van der Waals surface area contributed by atoms with Crippen molar-refractivity contribution in [1.29, 1.82) is 0 Å². The van der Waals surface area contributed by atoms with Gasteiger partial charge in [0, 0.05) is 17.2 Å². The molecule has 0 aliphatic carbocycles. The third-order valence-electron chi connectivity index (χ3n) is 4.27. The zero-order chi connectivity index (χ0) is 21.0. The molecule has 148 valence electrons. The second kappa shape index (κ2) is 8.26. The molecule has 2 amide bonds. The van der Waals surface area contributed by atoms with Gasteiger partial charge in [0.1, 0.15) is 0 Å². The molecule has 1 aromatic heterocycles. The van der Waals surface area contributed by atoms with Crippen LogP contribution in [0, 0.1) is 10.1 Å². The summed E-state index contributed by atoms with van der Waals surface area (Å²) in [7, 11) is 0. The third kappa shape index (κ3) is 4.24. The Morgan fingerprint density at radius 2 is 1.76 bits per heavy atom. The number of carbonyl (C=O) groups excluding carboxylic acids is 2. The van der Waals surface area contributed by atoms with Crippen molar-refractivity contribution in [2.75, 3.05) is 0 Å². The smallest absolute Gasteiger partial charge is 0.311 e. The first-order chi connectivity index (χ1) is 13.9. The maximum Gasteiger partial charge on any atom is 0.311 e. The van der Waals surface area contributed by atoms with Crippen LogP contribution in [0.2, 0.25) is 0 Å². The van der Waals surface area contributed by atoms with Gasteiger partial charge in [-0.1, -0.05) is 31.2 Å². The van der Waals surface area contributed by atoms with Gasteiger partial charge >= 0.3 is 11.6 Å². The molecule has 9 nitrogen and oxygen atoms in total. The van der Waals surface area contributed by atoms with Gasteiger partial charge in [0.25, 0.3) is 5.91 Å². The van der Waals surface area contributed by atoms with Crippen LogP contribution in [-0.2, 0) is 6.42 Å². The van der Waals surface area contributed by atoms with E-state index in [0.717, 1.165) is 29.7 Å². The Balaban J connectivity index is 1.72. The molecular formula is C20H17N3O6. The van der Waals surface area contributed by atoms with E-state index in [-0.39, 0.29) is 11.3 Å². The van der Waals surface area contributed by atoms with Gasteiger partial charge in [-0.3, -0.25) is 30.6 Å². The van der Waals surface area contributed by atoms with E-state index in [4.69, 9.17) is 4.42 Å². The summed E-state index contributed by atoms with van der Waals surface area (Å²) in [6.45, 7) is 2.04. The van der Waals surface area contributed by atoms with Crippen LogP contribution < -0.4 is 10.9 Å². The Hall–Kier alpha value is -4.14. The summed E-state index contributed by atoms with van der Waals surface area (Å²) in [6.07, 6.45) is 2.25. The minimum atomic E-state index is -0.816. The molecule has 2 aromatic carbocycles. The van der Waals surface area contributed by atoms with Crippen molar-refractivity contribution in [3.05, 3.63) is 81.8 Å². The number of phenols is 1. The zero-order valence-electron chi connectivity index (χ0n) is 15.3. The highest BCUT2D eigenvalue weighted by Crippen LogP contribution is 2.27. The Labute approximate surface area is 165 Å². The van der Waals surface area contributed by atoms with Gasteiger partial charge in [-0.05, 0) is 35.7 Å². The lowest BCUT2D eigenvalue weighted by atomic mass is 10.0. The summed E-state index contributed by atoms with van der Waals surface area (Å²) in [4.78, 5) is 34.6. The second-order valence-corrected chi connectivity index (χ2v) is 6.08. The second-order valence-electron chi connectivity index (χ2n) is 6.08. The Morgan fingerprint density at radius 1 is 1.07 bits per heavy atom. The molecule has 3 rings (SSSR count). The van der Waals surface area contributed by atoms with E-state index in [1.165, 1.54) is 12.3 Å². The van der Waals surface area contributed by atoms with Crippen molar-refractivity contribution in [1.82, 2.24) is 10.9 Å². The molecule has 3 aromatic rings. The number of nitro groups is 1.